The summed E-state index contributed by atoms with van der Waals surface area (Å²) in [4.78, 5) is 5.25. The van der Waals surface area contributed by atoms with Gasteiger partial charge in [-0.05, 0) is 91.5 Å². The van der Waals surface area contributed by atoms with Gasteiger partial charge in [-0.25, -0.2) is 4.98 Å². The van der Waals surface area contributed by atoms with Crippen molar-refractivity contribution in [1.82, 2.24) is 4.98 Å². The Labute approximate surface area is 367 Å². The summed E-state index contributed by atoms with van der Waals surface area (Å²) in [5, 5.41) is 0. The van der Waals surface area contributed by atoms with Crippen molar-refractivity contribution in [1.29, 1.82) is 0 Å². The predicted octanol–water partition coefficient (Wildman–Crippen LogP) is 15.7. The number of nitrogens with zero attached hydrogens (tertiary/aromatic N) is 1. The molecule has 0 saturated heterocycles. The molecule has 296 valence electrons. The van der Waals surface area contributed by atoms with E-state index in [4.69, 9.17) is 14.5 Å². The smallest absolute Gasteiger partial charge is 0.178 e. The van der Waals surface area contributed by atoms with Gasteiger partial charge in [0.2, 0.25) is 0 Å². The van der Waals surface area contributed by atoms with Crippen molar-refractivity contribution in [3.8, 4) is 90.0 Å². The molecule has 0 N–H and O–H groups in total. The fourth-order valence-corrected chi connectivity index (χ4v) is 9.77. The molecule has 2 aliphatic rings. The van der Waals surface area contributed by atoms with E-state index >= 15 is 0 Å². The first-order valence-corrected chi connectivity index (χ1v) is 21.4. The summed E-state index contributed by atoms with van der Waals surface area (Å²) in [6, 6.07) is 83.6. The molecule has 0 bridgehead atoms. The monoisotopic (exact) mass is 805 g/mol. The molecule has 0 fully saturated rings. The molecule has 3 heteroatoms. The second-order valence-corrected chi connectivity index (χ2v) is 16.2. The average Bonchev–Trinajstić information content (AvgIpc) is 3.68. The molecule has 12 rings (SSSR count). The molecule has 9 aromatic carbocycles. The maximum Gasteiger partial charge on any atom is 0.178 e. The lowest BCUT2D eigenvalue weighted by molar-refractivity contribution is 0.360. The molecular weight excluding hydrogens is 767 g/mol. The highest BCUT2D eigenvalue weighted by atomic mass is 16.6. The highest BCUT2D eigenvalue weighted by molar-refractivity contribution is 5.92. The Hall–Kier alpha value is -8.27. The van der Waals surface area contributed by atoms with E-state index in [1.165, 1.54) is 22.3 Å². The number of aromatic nitrogens is 1. The molecule has 1 aliphatic carbocycles. The largest absolute Gasteiger partial charge is 0.449 e. The first-order valence-electron chi connectivity index (χ1n) is 21.4. The Morgan fingerprint density at radius 3 is 1.51 bits per heavy atom. The van der Waals surface area contributed by atoms with Crippen LogP contribution in [0.5, 0.6) is 23.0 Å². The van der Waals surface area contributed by atoms with E-state index in [1.54, 1.807) is 0 Å². The van der Waals surface area contributed by atoms with Crippen LogP contribution in [0.1, 0.15) is 22.3 Å². The minimum atomic E-state index is -0.528. The van der Waals surface area contributed by atoms with Gasteiger partial charge in [0.15, 0.2) is 23.0 Å². The average molecular weight is 806 g/mol. The number of pyridine rings is 1. The molecule has 0 radical (unpaired) electrons. The number of hydrogen-bond acceptors (Lipinski definition) is 3. The molecule has 10 aromatic rings. The van der Waals surface area contributed by atoms with Crippen molar-refractivity contribution < 1.29 is 9.47 Å². The molecule has 3 nitrogen and oxygen atoms in total. The van der Waals surface area contributed by atoms with Crippen molar-refractivity contribution >= 4 is 0 Å². The SMILES string of the molecule is c1ccc(-c2cc(-c3ccc(-c4ccc5c(c4)Oc4c(ccc6c4-c4ccccc4C6(c4ccccc4)c4ccccc4)O5)cc3)cc(-c3ccccc3-c3ccccc3)n2)cc1. The van der Waals surface area contributed by atoms with E-state index in [1.807, 2.05) is 12.1 Å². The fraction of sp³-hybridized carbons (Fsp3) is 0.0167. The summed E-state index contributed by atoms with van der Waals surface area (Å²) in [6.45, 7) is 0. The molecule has 1 aromatic heterocycles. The minimum Gasteiger partial charge on any atom is -0.449 e. The number of rotatable bonds is 7. The third-order valence-electron chi connectivity index (χ3n) is 12.6. The quantitative estimate of drug-likeness (QED) is 0.161. The van der Waals surface area contributed by atoms with Crippen LogP contribution in [0.3, 0.4) is 0 Å². The lowest BCUT2D eigenvalue weighted by Gasteiger charge is -2.34. The summed E-state index contributed by atoms with van der Waals surface area (Å²) < 4.78 is 13.7. The molecular formula is C60H39NO2. The zero-order valence-electron chi connectivity index (χ0n) is 34.3. The maximum absolute atomic E-state index is 7.02. The lowest BCUT2D eigenvalue weighted by atomic mass is 9.68. The Morgan fingerprint density at radius 2 is 0.825 bits per heavy atom. The van der Waals surface area contributed by atoms with E-state index < -0.39 is 5.41 Å². The van der Waals surface area contributed by atoms with E-state index in [9.17, 15) is 0 Å². The molecule has 0 saturated carbocycles. The van der Waals surface area contributed by atoms with Crippen LogP contribution in [-0.4, -0.2) is 4.98 Å². The number of fused-ring (bicyclic) bond motifs is 6. The number of benzene rings is 9. The topological polar surface area (TPSA) is 31.4 Å². The zero-order valence-corrected chi connectivity index (χ0v) is 34.3. The van der Waals surface area contributed by atoms with Crippen LogP contribution < -0.4 is 9.47 Å². The molecule has 0 unspecified atom stereocenters. The van der Waals surface area contributed by atoms with E-state index in [2.05, 4.69) is 224 Å². The number of ether oxygens (including phenoxy) is 2. The van der Waals surface area contributed by atoms with Gasteiger partial charge in [-0.2, -0.15) is 0 Å². The molecule has 1 aliphatic heterocycles. The van der Waals surface area contributed by atoms with Crippen molar-refractivity contribution in [3.63, 3.8) is 0 Å². The van der Waals surface area contributed by atoms with Crippen molar-refractivity contribution in [3.05, 3.63) is 259 Å². The van der Waals surface area contributed by atoms with Gasteiger partial charge >= 0.3 is 0 Å². The Morgan fingerprint density at radius 1 is 0.302 bits per heavy atom. The molecule has 0 amide bonds. The van der Waals surface area contributed by atoms with Gasteiger partial charge in [0.25, 0.3) is 0 Å². The van der Waals surface area contributed by atoms with Gasteiger partial charge in [0.05, 0.1) is 16.8 Å². The van der Waals surface area contributed by atoms with Crippen LogP contribution in [0, 0.1) is 0 Å². The lowest BCUT2D eigenvalue weighted by Crippen LogP contribution is -2.28. The van der Waals surface area contributed by atoms with E-state index in [0.717, 1.165) is 72.8 Å². The highest BCUT2D eigenvalue weighted by Crippen LogP contribution is 2.62. The van der Waals surface area contributed by atoms with Gasteiger partial charge in [0.1, 0.15) is 0 Å². The van der Waals surface area contributed by atoms with Gasteiger partial charge in [-0.1, -0.05) is 206 Å². The van der Waals surface area contributed by atoms with Crippen molar-refractivity contribution in [2.75, 3.05) is 0 Å². The van der Waals surface area contributed by atoms with Crippen molar-refractivity contribution in [2.45, 2.75) is 5.41 Å². The summed E-state index contributed by atoms with van der Waals surface area (Å²) in [5.41, 5.74) is 17.2. The molecule has 0 atom stereocenters. The molecule has 63 heavy (non-hydrogen) atoms. The Balaban J connectivity index is 0.921. The minimum absolute atomic E-state index is 0.528. The van der Waals surface area contributed by atoms with Crippen LogP contribution in [0.4, 0.5) is 0 Å². The number of hydrogen-bond donors (Lipinski definition) is 0. The highest BCUT2D eigenvalue weighted by Gasteiger charge is 2.48. The maximum atomic E-state index is 7.02. The molecule has 0 spiro atoms. The first kappa shape index (κ1) is 36.6. The summed E-state index contributed by atoms with van der Waals surface area (Å²) in [6.07, 6.45) is 0. The van der Waals surface area contributed by atoms with Crippen LogP contribution in [0.15, 0.2) is 237 Å². The van der Waals surface area contributed by atoms with Gasteiger partial charge in [0, 0.05) is 16.7 Å². The second kappa shape index (κ2) is 15.0. The third kappa shape index (κ3) is 6.08. The van der Waals surface area contributed by atoms with Crippen LogP contribution in [-0.2, 0) is 5.41 Å². The van der Waals surface area contributed by atoms with E-state index in [0.29, 0.717) is 17.2 Å². The predicted molar refractivity (Wildman–Crippen MR) is 255 cm³/mol. The Bertz CT molecular complexity index is 3270. The first-order chi connectivity index (χ1) is 31.2. The molecule has 2 heterocycles. The van der Waals surface area contributed by atoms with Crippen LogP contribution >= 0.6 is 0 Å². The summed E-state index contributed by atoms with van der Waals surface area (Å²) >= 11 is 0. The van der Waals surface area contributed by atoms with Crippen LogP contribution in [0.25, 0.3) is 67.0 Å². The van der Waals surface area contributed by atoms with Crippen LogP contribution in [0.2, 0.25) is 0 Å². The third-order valence-corrected chi connectivity index (χ3v) is 12.6. The fourth-order valence-electron chi connectivity index (χ4n) is 9.77. The van der Waals surface area contributed by atoms with Gasteiger partial charge in [-0.15, -0.1) is 0 Å². The van der Waals surface area contributed by atoms with Gasteiger partial charge in [-0.3, -0.25) is 0 Å². The zero-order chi connectivity index (χ0) is 41.7. The van der Waals surface area contributed by atoms with E-state index in [-0.39, 0.29) is 0 Å². The summed E-state index contributed by atoms with van der Waals surface area (Å²) in [7, 11) is 0. The Kier molecular flexibility index (Phi) is 8.72. The second-order valence-electron chi connectivity index (χ2n) is 16.2. The standard InChI is InChI=1S/C60H39NO2/c1-5-17-42(18-6-1)48-25-13-14-26-49(48)54-38-45(37-53(61-54)43-19-7-2-8-20-43)41-31-29-40(30-32-41)44-33-35-55-57(39-44)63-59-56(62-55)36-34-52-58(59)50-27-15-16-28-51(50)60(52,46-21-9-3-10-22-46)47-23-11-4-12-24-47/h1-39H. The normalized spacial score (nSPS) is 12.8. The van der Waals surface area contributed by atoms with Gasteiger partial charge < -0.3 is 9.47 Å². The van der Waals surface area contributed by atoms with Crippen molar-refractivity contribution in [2.24, 2.45) is 0 Å². The summed E-state index contributed by atoms with van der Waals surface area (Å²) in [5.74, 6) is 2.84.